The van der Waals surface area contributed by atoms with Crippen molar-refractivity contribution >= 4 is 45.5 Å². The number of carbonyl (C=O) groups excluding carboxylic acids is 2. The number of Topliss-reactive ketones (excluding diaryl/α,β-unsaturated/α-hetero) is 1. The molecule has 1 amide bonds. The second kappa shape index (κ2) is 8.41. The maximum Gasteiger partial charge on any atom is 0.301 e. The molecule has 0 aliphatic carbocycles. The number of hydrogen-bond acceptors (Lipinski definition) is 7. The van der Waals surface area contributed by atoms with E-state index < -0.39 is 17.7 Å². The van der Waals surface area contributed by atoms with Crippen molar-refractivity contribution in [2.24, 2.45) is 0 Å². The van der Waals surface area contributed by atoms with Crippen molar-refractivity contribution in [2.45, 2.75) is 6.04 Å². The molecule has 9 heteroatoms. The Hall–Kier alpha value is -3.36. The van der Waals surface area contributed by atoms with Gasteiger partial charge in [-0.25, -0.2) is 4.98 Å². The SMILES string of the molecule is COc1ccc([C@H]2C(=C(O)c3ccc(Cl)cc3)C(=O)C(=O)N2c2nccs2)cc1OC. The summed E-state index contributed by atoms with van der Waals surface area (Å²) in [6, 6.07) is 10.5. The van der Waals surface area contributed by atoms with Crippen LogP contribution in [0.1, 0.15) is 17.2 Å². The lowest BCUT2D eigenvalue weighted by atomic mass is 9.95. The van der Waals surface area contributed by atoms with Gasteiger partial charge >= 0.3 is 5.91 Å². The summed E-state index contributed by atoms with van der Waals surface area (Å²) in [5, 5.41) is 13.6. The van der Waals surface area contributed by atoms with Gasteiger partial charge in [0.15, 0.2) is 16.6 Å². The lowest BCUT2D eigenvalue weighted by Crippen LogP contribution is -2.29. The zero-order valence-electron chi connectivity index (χ0n) is 16.5. The van der Waals surface area contributed by atoms with Crippen LogP contribution in [-0.2, 0) is 9.59 Å². The Morgan fingerprint density at radius 1 is 1.10 bits per heavy atom. The average Bonchev–Trinajstić information content (AvgIpc) is 3.40. The lowest BCUT2D eigenvalue weighted by molar-refractivity contribution is -0.132. The molecular weight excluding hydrogens is 440 g/mol. The number of aliphatic hydroxyl groups excluding tert-OH is 1. The smallest absolute Gasteiger partial charge is 0.301 e. The first-order valence-electron chi connectivity index (χ1n) is 9.14. The summed E-state index contributed by atoms with van der Waals surface area (Å²) >= 11 is 7.16. The van der Waals surface area contributed by atoms with E-state index in [-0.39, 0.29) is 11.3 Å². The van der Waals surface area contributed by atoms with Crippen LogP contribution in [-0.4, -0.2) is 36.0 Å². The summed E-state index contributed by atoms with van der Waals surface area (Å²) in [6.07, 6.45) is 1.55. The van der Waals surface area contributed by atoms with E-state index in [9.17, 15) is 14.7 Å². The third-order valence-corrected chi connectivity index (χ3v) is 5.93. The van der Waals surface area contributed by atoms with Crippen LogP contribution in [0.5, 0.6) is 11.5 Å². The molecule has 2 heterocycles. The molecule has 1 saturated heterocycles. The second-order valence-electron chi connectivity index (χ2n) is 6.61. The monoisotopic (exact) mass is 456 g/mol. The van der Waals surface area contributed by atoms with Crippen LogP contribution in [0.2, 0.25) is 5.02 Å². The number of hydrogen-bond donors (Lipinski definition) is 1. The Morgan fingerprint density at radius 3 is 2.42 bits per heavy atom. The average molecular weight is 457 g/mol. The Bertz CT molecular complexity index is 1180. The van der Waals surface area contributed by atoms with Gasteiger partial charge in [0, 0.05) is 22.2 Å². The van der Waals surface area contributed by atoms with Crippen molar-refractivity contribution in [3.8, 4) is 11.5 Å². The Morgan fingerprint density at radius 2 is 1.81 bits per heavy atom. The van der Waals surface area contributed by atoms with E-state index in [1.54, 1.807) is 54.0 Å². The standard InChI is InChI=1S/C22H17ClN2O5S/c1-29-15-8-5-13(11-16(15)30-2)18-17(19(26)12-3-6-14(23)7-4-12)20(27)21(28)25(18)22-24-9-10-31-22/h3-11,18,26H,1-2H3/t18-/m0/s1. The minimum atomic E-state index is -0.901. The van der Waals surface area contributed by atoms with Crippen molar-refractivity contribution in [1.82, 2.24) is 4.98 Å². The fraction of sp³-hybridized carbons (Fsp3) is 0.136. The number of ether oxygens (including phenoxy) is 2. The third-order valence-electron chi connectivity index (χ3n) is 4.91. The highest BCUT2D eigenvalue weighted by Gasteiger charge is 2.48. The molecule has 0 radical (unpaired) electrons. The maximum absolute atomic E-state index is 13.0. The van der Waals surface area contributed by atoms with E-state index in [1.807, 2.05) is 0 Å². The number of carbonyl (C=O) groups is 2. The van der Waals surface area contributed by atoms with Crippen LogP contribution in [0.15, 0.2) is 59.6 Å². The molecule has 0 saturated carbocycles. The number of aromatic nitrogens is 1. The summed E-state index contributed by atoms with van der Waals surface area (Å²) in [7, 11) is 3.01. The number of benzene rings is 2. The molecule has 1 aromatic heterocycles. The fourth-order valence-corrected chi connectivity index (χ4v) is 4.26. The predicted octanol–water partition coefficient (Wildman–Crippen LogP) is 4.44. The van der Waals surface area contributed by atoms with Crippen LogP contribution in [0.25, 0.3) is 5.76 Å². The molecule has 2 aromatic carbocycles. The van der Waals surface area contributed by atoms with Crippen LogP contribution >= 0.6 is 22.9 Å². The predicted molar refractivity (Wildman–Crippen MR) is 118 cm³/mol. The molecule has 3 aromatic rings. The van der Waals surface area contributed by atoms with Crippen molar-refractivity contribution in [3.05, 3.63) is 75.8 Å². The van der Waals surface area contributed by atoms with Gasteiger partial charge in [0.1, 0.15) is 5.76 Å². The number of halogens is 1. The summed E-state index contributed by atoms with van der Waals surface area (Å²) in [5.41, 5.74) is 0.879. The highest BCUT2D eigenvalue weighted by atomic mass is 35.5. The van der Waals surface area contributed by atoms with Crippen LogP contribution < -0.4 is 14.4 Å². The summed E-state index contributed by atoms with van der Waals surface area (Å²) in [6.45, 7) is 0. The first-order chi connectivity index (χ1) is 15.0. The lowest BCUT2D eigenvalue weighted by Gasteiger charge is -2.23. The zero-order valence-corrected chi connectivity index (χ0v) is 18.1. The van der Waals surface area contributed by atoms with Gasteiger partial charge in [0.05, 0.1) is 25.8 Å². The number of methoxy groups -OCH3 is 2. The molecule has 31 heavy (non-hydrogen) atoms. The number of amides is 1. The molecule has 0 unspecified atom stereocenters. The van der Waals surface area contributed by atoms with Crippen LogP contribution in [0.4, 0.5) is 5.13 Å². The van der Waals surface area contributed by atoms with Crippen LogP contribution in [0.3, 0.4) is 0 Å². The molecule has 0 spiro atoms. The van der Waals surface area contributed by atoms with E-state index in [2.05, 4.69) is 4.98 Å². The molecule has 1 N–H and O–H groups in total. The van der Waals surface area contributed by atoms with Crippen LogP contribution in [0, 0.1) is 0 Å². The van der Waals surface area contributed by atoms with Gasteiger partial charge in [-0.3, -0.25) is 14.5 Å². The van der Waals surface area contributed by atoms with Gasteiger partial charge in [-0.2, -0.15) is 0 Å². The van der Waals surface area contributed by atoms with Crippen molar-refractivity contribution in [2.75, 3.05) is 19.1 Å². The van der Waals surface area contributed by atoms with Gasteiger partial charge in [-0.1, -0.05) is 17.7 Å². The number of rotatable bonds is 5. The number of aliphatic hydroxyl groups is 1. The van der Waals surface area contributed by atoms with Gasteiger partial charge < -0.3 is 14.6 Å². The Kier molecular flexibility index (Phi) is 5.67. The first kappa shape index (κ1) is 20.9. The fourth-order valence-electron chi connectivity index (χ4n) is 3.47. The minimum absolute atomic E-state index is 0.0465. The Labute approximate surface area is 187 Å². The molecule has 1 atom stereocenters. The van der Waals surface area contributed by atoms with E-state index >= 15 is 0 Å². The molecule has 1 fully saturated rings. The highest BCUT2D eigenvalue weighted by molar-refractivity contribution is 7.14. The molecule has 1 aliphatic heterocycles. The van der Waals surface area contributed by atoms with Crippen molar-refractivity contribution in [3.63, 3.8) is 0 Å². The zero-order chi connectivity index (χ0) is 22.1. The first-order valence-corrected chi connectivity index (χ1v) is 10.4. The number of ketones is 1. The van der Waals surface area contributed by atoms with Gasteiger partial charge in [0.2, 0.25) is 0 Å². The number of nitrogens with zero attached hydrogens (tertiary/aromatic N) is 2. The van der Waals surface area contributed by atoms with Crippen molar-refractivity contribution < 1.29 is 24.2 Å². The normalized spacial score (nSPS) is 17.8. The number of thiazole rings is 1. The van der Waals surface area contributed by atoms with Gasteiger partial charge in [-0.05, 0) is 42.0 Å². The quantitative estimate of drug-likeness (QED) is 0.347. The molecule has 4 rings (SSSR count). The summed E-state index contributed by atoms with van der Waals surface area (Å²) < 4.78 is 10.7. The second-order valence-corrected chi connectivity index (χ2v) is 7.91. The topological polar surface area (TPSA) is 89.0 Å². The summed E-state index contributed by atoms with van der Waals surface area (Å²) in [5.74, 6) is -0.951. The molecule has 1 aliphatic rings. The molecule has 0 bridgehead atoms. The minimum Gasteiger partial charge on any atom is -0.507 e. The highest BCUT2D eigenvalue weighted by Crippen LogP contribution is 2.44. The molecular formula is C22H17ClN2O5S. The molecule has 158 valence electrons. The third kappa shape index (κ3) is 3.64. The number of anilines is 1. The van der Waals surface area contributed by atoms with Crippen molar-refractivity contribution in [1.29, 1.82) is 0 Å². The largest absolute Gasteiger partial charge is 0.507 e. The Balaban J connectivity index is 1.94. The van der Waals surface area contributed by atoms with Gasteiger partial charge in [0.25, 0.3) is 5.78 Å². The van der Waals surface area contributed by atoms with Gasteiger partial charge in [-0.15, -0.1) is 11.3 Å². The molecule has 7 nitrogen and oxygen atoms in total. The van der Waals surface area contributed by atoms with E-state index in [1.165, 1.54) is 30.5 Å². The van der Waals surface area contributed by atoms with E-state index in [4.69, 9.17) is 21.1 Å². The van der Waals surface area contributed by atoms with E-state index in [0.717, 1.165) is 0 Å². The van der Waals surface area contributed by atoms with E-state index in [0.29, 0.717) is 32.8 Å². The maximum atomic E-state index is 13.0. The summed E-state index contributed by atoms with van der Waals surface area (Å²) in [4.78, 5) is 31.5.